The summed E-state index contributed by atoms with van der Waals surface area (Å²) in [5.74, 6) is 0. The number of nitrogens with zero attached hydrogens (tertiary/aromatic N) is 2. The third-order valence-corrected chi connectivity index (χ3v) is 4.66. The first-order chi connectivity index (χ1) is 8.48. The van der Waals surface area contributed by atoms with Crippen molar-refractivity contribution in [2.45, 2.75) is 19.4 Å². The molecule has 1 saturated heterocycles. The fourth-order valence-corrected chi connectivity index (χ4v) is 2.64. The summed E-state index contributed by atoms with van der Waals surface area (Å²) >= 11 is 0. The minimum Gasteiger partial charge on any atom is -0.371 e. The van der Waals surface area contributed by atoms with Crippen molar-refractivity contribution < 1.29 is 8.42 Å². The summed E-state index contributed by atoms with van der Waals surface area (Å²) in [6.45, 7) is 2.57. The van der Waals surface area contributed by atoms with Crippen LogP contribution in [-0.2, 0) is 16.6 Å². The second-order valence-electron chi connectivity index (χ2n) is 4.84. The number of rotatable bonds is 4. The monoisotopic (exact) mass is 268 g/mol. The summed E-state index contributed by atoms with van der Waals surface area (Å²) in [6, 6.07) is 8.06. The van der Waals surface area contributed by atoms with Crippen molar-refractivity contribution in [3.8, 4) is 0 Å². The summed E-state index contributed by atoms with van der Waals surface area (Å²) in [4.78, 5) is 2.34. The zero-order chi connectivity index (χ0) is 13.2. The van der Waals surface area contributed by atoms with Gasteiger partial charge in [0.05, 0.1) is 6.26 Å². The van der Waals surface area contributed by atoms with Gasteiger partial charge in [0.25, 0.3) is 0 Å². The minimum absolute atomic E-state index is 0.436. The predicted octanol–water partition coefficient (Wildman–Crippen LogP) is 1.68. The quantitative estimate of drug-likeness (QED) is 0.834. The fourth-order valence-electron chi connectivity index (χ4n) is 2.27. The van der Waals surface area contributed by atoms with Gasteiger partial charge in [-0.2, -0.15) is 0 Å². The fraction of sp³-hybridized carbons (Fsp3) is 0.538. The second kappa shape index (κ2) is 5.28. The number of hydrogen-bond acceptors (Lipinski definition) is 3. The largest absolute Gasteiger partial charge is 0.371 e. The lowest BCUT2D eigenvalue weighted by Crippen LogP contribution is -2.27. The zero-order valence-corrected chi connectivity index (χ0v) is 11.8. The summed E-state index contributed by atoms with van der Waals surface area (Å²) in [5, 5.41) is 0. The number of para-hydroxylation sites is 1. The average Bonchev–Trinajstić information content (AvgIpc) is 2.82. The molecule has 2 rings (SSSR count). The van der Waals surface area contributed by atoms with Gasteiger partial charge in [-0.15, -0.1) is 0 Å². The number of benzene rings is 1. The molecule has 100 valence electrons. The molecule has 1 heterocycles. The van der Waals surface area contributed by atoms with Crippen LogP contribution < -0.4 is 4.90 Å². The highest BCUT2D eigenvalue weighted by Gasteiger charge is 2.18. The zero-order valence-electron chi connectivity index (χ0n) is 11.0. The van der Waals surface area contributed by atoms with Crippen LogP contribution in [0.1, 0.15) is 18.4 Å². The van der Waals surface area contributed by atoms with E-state index in [1.54, 1.807) is 7.05 Å². The molecule has 0 atom stereocenters. The molecule has 4 nitrogen and oxygen atoms in total. The Bertz CT molecular complexity index is 507. The third kappa shape index (κ3) is 3.03. The minimum atomic E-state index is -3.13. The highest BCUT2D eigenvalue weighted by molar-refractivity contribution is 7.88. The molecule has 0 N–H and O–H groups in total. The average molecular weight is 268 g/mol. The molecule has 1 fully saturated rings. The summed E-state index contributed by atoms with van der Waals surface area (Å²) in [5.41, 5.74) is 2.25. The lowest BCUT2D eigenvalue weighted by atomic mass is 10.1. The lowest BCUT2D eigenvalue weighted by molar-refractivity contribution is 0.472. The van der Waals surface area contributed by atoms with Gasteiger partial charge < -0.3 is 4.90 Å². The summed E-state index contributed by atoms with van der Waals surface area (Å²) in [7, 11) is -1.51. The number of hydrogen-bond donors (Lipinski definition) is 0. The Morgan fingerprint density at radius 1 is 1.22 bits per heavy atom. The maximum absolute atomic E-state index is 11.5. The molecule has 0 unspecified atom stereocenters. The maximum atomic E-state index is 11.5. The van der Waals surface area contributed by atoms with Crippen LogP contribution in [0.5, 0.6) is 0 Å². The number of anilines is 1. The van der Waals surface area contributed by atoms with Gasteiger partial charge in [0.2, 0.25) is 10.0 Å². The molecule has 0 spiro atoms. The molecule has 0 radical (unpaired) electrons. The molecule has 18 heavy (non-hydrogen) atoms. The van der Waals surface area contributed by atoms with E-state index in [1.807, 2.05) is 18.2 Å². The van der Waals surface area contributed by atoms with E-state index >= 15 is 0 Å². The van der Waals surface area contributed by atoms with Gasteiger partial charge in [-0.05, 0) is 24.5 Å². The standard InChI is InChI=1S/C13H20N2O2S/c1-14(18(2,16)17)11-12-7-3-4-8-13(12)15-9-5-6-10-15/h3-4,7-8H,5-6,9-11H2,1-2H3. The van der Waals surface area contributed by atoms with Gasteiger partial charge in [0, 0.05) is 32.4 Å². The summed E-state index contributed by atoms with van der Waals surface area (Å²) < 4.78 is 24.4. The van der Waals surface area contributed by atoms with E-state index in [-0.39, 0.29) is 0 Å². The van der Waals surface area contributed by atoms with Crippen LogP contribution in [-0.4, -0.2) is 39.1 Å². The number of sulfonamides is 1. The van der Waals surface area contributed by atoms with Crippen LogP contribution in [0.4, 0.5) is 5.69 Å². The molecule has 0 amide bonds. The smallest absolute Gasteiger partial charge is 0.211 e. The predicted molar refractivity (Wildman–Crippen MR) is 74.2 cm³/mol. The van der Waals surface area contributed by atoms with E-state index in [1.165, 1.54) is 29.1 Å². The third-order valence-electron chi connectivity index (χ3n) is 3.40. The van der Waals surface area contributed by atoms with Crippen molar-refractivity contribution in [3.05, 3.63) is 29.8 Å². The van der Waals surface area contributed by atoms with Crippen LogP contribution in [0.15, 0.2) is 24.3 Å². The topological polar surface area (TPSA) is 40.6 Å². The highest BCUT2D eigenvalue weighted by atomic mass is 32.2. The lowest BCUT2D eigenvalue weighted by Gasteiger charge is -2.23. The van der Waals surface area contributed by atoms with Crippen LogP contribution in [0, 0.1) is 0 Å². The van der Waals surface area contributed by atoms with Gasteiger partial charge in [-0.25, -0.2) is 12.7 Å². The maximum Gasteiger partial charge on any atom is 0.211 e. The first-order valence-corrected chi connectivity index (χ1v) is 8.07. The van der Waals surface area contributed by atoms with E-state index in [0.717, 1.165) is 18.7 Å². The van der Waals surface area contributed by atoms with Crippen LogP contribution >= 0.6 is 0 Å². The molecule has 0 aliphatic carbocycles. The van der Waals surface area contributed by atoms with Crippen LogP contribution in [0.2, 0.25) is 0 Å². The molecule has 1 aromatic carbocycles. The molecule has 0 bridgehead atoms. The molecule has 1 aromatic rings. The molecule has 5 heteroatoms. The van der Waals surface area contributed by atoms with Gasteiger partial charge in [0.15, 0.2) is 0 Å². The van der Waals surface area contributed by atoms with E-state index in [2.05, 4.69) is 11.0 Å². The molecule has 0 aromatic heterocycles. The van der Waals surface area contributed by atoms with Crippen molar-refractivity contribution in [1.82, 2.24) is 4.31 Å². The van der Waals surface area contributed by atoms with Gasteiger partial charge in [-0.3, -0.25) is 0 Å². The Balaban J connectivity index is 2.22. The van der Waals surface area contributed by atoms with Crippen molar-refractivity contribution in [1.29, 1.82) is 0 Å². The van der Waals surface area contributed by atoms with Crippen molar-refractivity contribution in [3.63, 3.8) is 0 Å². The van der Waals surface area contributed by atoms with Crippen LogP contribution in [0.25, 0.3) is 0 Å². The molecular formula is C13H20N2O2S. The first-order valence-electron chi connectivity index (χ1n) is 6.22. The Morgan fingerprint density at radius 2 is 1.83 bits per heavy atom. The van der Waals surface area contributed by atoms with Crippen molar-refractivity contribution in [2.75, 3.05) is 31.3 Å². The summed E-state index contributed by atoms with van der Waals surface area (Å²) in [6.07, 6.45) is 3.68. The van der Waals surface area contributed by atoms with E-state index in [0.29, 0.717) is 6.54 Å². The SMILES string of the molecule is CN(Cc1ccccc1N1CCCC1)S(C)(=O)=O. The normalized spacial score (nSPS) is 16.5. The van der Waals surface area contributed by atoms with E-state index < -0.39 is 10.0 Å². The van der Waals surface area contributed by atoms with E-state index in [4.69, 9.17) is 0 Å². The second-order valence-corrected chi connectivity index (χ2v) is 6.93. The van der Waals surface area contributed by atoms with Gasteiger partial charge in [-0.1, -0.05) is 18.2 Å². The Labute approximate surface area is 109 Å². The van der Waals surface area contributed by atoms with Gasteiger partial charge >= 0.3 is 0 Å². The Kier molecular flexibility index (Phi) is 3.92. The first kappa shape index (κ1) is 13.4. The van der Waals surface area contributed by atoms with E-state index in [9.17, 15) is 8.42 Å². The van der Waals surface area contributed by atoms with Crippen LogP contribution in [0.3, 0.4) is 0 Å². The van der Waals surface area contributed by atoms with Gasteiger partial charge in [0.1, 0.15) is 0 Å². The Hall–Kier alpha value is -1.07. The Morgan fingerprint density at radius 3 is 2.44 bits per heavy atom. The molecular weight excluding hydrogens is 248 g/mol. The highest BCUT2D eigenvalue weighted by Crippen LogP contribution is 2.25. The molecule has 0 saturated carbocycles. The molecule has 1 aliphatic heterocycles. The van der Waals surface area contributed by atoms with Crippen molar-refractivity contribution >= 4 is 15.7 Å². The van der Waals surface area contributed by atoms with Crippen molar-refractivity contribution in [2.24, 2.45) is 0 Å². The molecule has 1 aliphatic rings.